The van der Waals surface area contributed by atoms with E-state index >= 15 is 0 Å². The molecular weight excluding hydrogens is 522 g/mol. The van der Waals surface area contributed by atoms with E-state index in [1.807, 2.05) is 44.2 Å². The molecule has 3 rings (SSSR count). The molecular formula is C25H23BrClN3O4. The van der Waals surface area contributed by atoms with E-state index in [9.17, 15) is 9.59 Å². The molecule has 2 N–H and O–H groups in total. The van der Waals surface area contributed by atoms with Crippen LogP contribution in [0.15, 0.2) is 64.2 Å². The number of anilines is 1. The second kappa shape index (κ2) is 11.7. The van der Waals surface area contributed by atoms with E-state index in [1.54, 1.807) is 24.3 Å². The fraction of sp³-hybridized carbons (Fsp3) is 0.160. The van der Waals surface area contributed by atoms with E-state index in [-0.39, 0.29) is 0 Å². The quantitative estimate of drug-likeness (QED) is 0.237. The lowest BCUT2D eigenvalue weighted by atomic mass is 10.1. The summed E-state index contributed by atoms with van der Waals surface area (Å²) in [5, 5.41) is 7.15. The first-order valence-electron chi connectivity index (χ1n) is 10.2. The summed E-state index contributed by atoms with van der Waals surface area (Å²) in [5.41, 5.74) is 6.13. The number of para-hydroxylation sites is 1. The van der Waals surface area contributed by atoms with Gasteiger partial charge in [-0.2, -0.15) is 5.10 Å². The Balaban J connectivity index is 1.63. The van der Waals surface area contributed by atoms with Gasteiger partial charge in [0.15, 0.2) is 11.5 Å². The van der Waals surface area contributed by atoms with Gasteiger partial charge in [-0.25, -0.2) is 5.43 Å². The average molecular weight is 545 g/mol. The fourth-order valence-corrected chi connectivity index (χ4v) is 3.79. The molecule has 0 saturated heterocycles. The van der Waals surface area contributed by atoms with Crippen LogP contribution < -0.4 is 20.2 Å². The average Bonchev–Trinajstić information content (AvgIpc) is 2.81. The lowest BCUT2D eigenvalue weighted by Gasteiger charge is -2.13. The Hall–Kier alpha value is -3.36. The second-order valence-electron chi connectivity index (χ2n) is 7.37. The SMILES string of the molecule is COc1cc(C=NNC(=O)C(=O)Nc2c(C)cccc2C)cc(Br)c1OCc1ccc(Cl)cc1. The number of hydrogen-bond acceptors (Lipinski definition) is 5. The van der Waals surface area contributed by atoms with Gasteiger partial charge in [0.2, 0.25) is 0 Å². The third kappa shape index (κ3) is 6.59. The van der Waals surface area contributed by atoms with Crippen molar-refractivity contribution in [1.82, 2.24) is 5.43 Å². The van der Waals surface area contributed by atoms with E-state index in [0.29, 0.717) is 38.9 Å². The zero-order chi connectivity index (χ0) is 24.7. The maximum atomic E-state index is 12.2. The maximum absolute atomic E-state index is 12.2. The first-order valence-corrected chi connectivity index (χ1v) is 11.4. The highest BCUT2D eigenvalue weighted by atomic mass is 79.9. The van der Waals surface area contributed by atoms with Crippen molar-refractivity contribution in [3.63, 3.8) is 0 Å². The third-order valence-corrected chi connectivity index (χ3v) is 5.69. The van der Waals surface area contributed by atoms with Crippen LogP contribution in [-0.2, 0) is 16.2 Å². The number of nitrogens with one attached hydrogen (secondary N) is 2. The predicted octanol–water partition coefficient (Wildman–Crippen LogP) is 5.40. The molecule has 0 fully saturated rings. The first kappa shape index (κ1) is 25.3. The van der Waals surface area contributed by atoms with Crippen LogP contribution in [0.5, 0.6) is 11.5 Å². The molecule has 7 nitrogen and oxygen atoms in total. The van der Waals surface area contributed by atoms with Crippen molar-refractivity contribution in [2.75, 3.05) is 12.4 Å². The number of hydrazone groups is 1. The van der Waals surface area contributed by atoms with Gasteiger partial charge in [0.05, 0.1) is 17.8 Å². The molecule has 2 amide bonds. The van der Waals surface area contributed by atoms with Crippen molar-refractivity contribution in [3.05, 3.63) is 86.3 Å². The molecule has 0 saturated carbocycles. The van der Waals surface area contributed by atoms with E-state index in [1.165, 1.54) is 13.3 Å². The Morgan fingerprint density at radius 1 is 1.06 bits per heavy atom. The van der Waals surface area contributed by atoms with Crippen molar-refractivity contribution < 1.29 is 19.1 Å². The number of rotatable bonds is 7. The number of benzene rings is 3. The minimum atomic E-state index is -0.882. The number of hydrogen-bond donors (Lipinski definition) is 2. The number of halogens is 2. The third-order valence-electron chi connectivity index (χ3n) is 4.85. The Morgan fingerprint density at radius 3 is 2.38 bits per heavy atom. The van der Waals surface area contributed by atoms with Crippen molar-refractivity contribution in [3.8, 4) is 11.5 Å². The van der Waals surface area contributed by atoms with Gasteiger partial charge < -0.3 is 14.8 Å². The second-order valence-corrected chi connectivity index (χ2v) is 8.66. The summed E-state index contributed by atoms with van der Waals surface area (Å²) in [7, 11) is 1.53. The van der Waals surface area contributed by atoms with Gasteiger partial charge in [0.25, 0.3) is 0 Å². The van der Waals surface area contributed by atoms with Crippen molar-refractivity contribution >= 4 is 51.2 Å². The summed E-state index contributed by atoms with van der Waals surface area (Å²) in [6, 6.07) is 16.4. The highest BCUT2D eigenvalue weighted by molar-refractivity contribution is 9.10. The van der Waals surface area contributed by atoms with Crippen LogP contribution in [0.4, 0.5) is 5.69 Å². The minimum Gasteiger partial charge on any atom is -0.493 e. The number of amides is 2. The number of ether oxygens (including phenoxy) is 2. The molecule has 0 aliphatic carbocycles. The molecule has 0 aromatic heterocycles. The van der Waals surface area contributed by atoms with Gasteiger partial charge >= 0.3 is 11.8 Å². The molecule has 0 spiro atoms. The summed E-state index contributed by atoms with van der Waals surface area (Å²) in [5.74, 6) is -0.692. The van der Waals surface area contributed by atoms with Crippen LogP contribution in [-0.4, -0.2) is 25.1 Å². The standard InChI is InChI=1S/C25H23BrClN3O4/c1-15-5-4-6-16(2)22(15)29-24(31)25(32)30-28-13-18-11-20(26)23(21(12-18)33-3)34-14-17-7-9-19(27)10-8-17/h4-13H,14H2,1-3H3,(H,29,31)(H,30,32). The molecule has 9 heteroatoms. The Kier molecular flexibility index (Phi) is 8.67. The summed E-state index contributed by atoms with van der Waals surface area (Å²) in [4.78, 5) is 24.4. The minimum absolute atomic E-state index is 0.325. The summed E-state index contributed by atoms with van der Waals surface area (Å²) in [6.07, 6.45) is 1.40. The number of aryl methyl sites for hydroxylation is 2. The topological polar surface area (TPSA) is 89.0 Å². The predicted molar refractivity (Wildman–Crippen MR) is 137 cm³/mol. The molecule has 176 valence electrons. The van der Waals surface area contributed by atoms with Gasteiger partial charge in [-0.15, -0.1) is 0 Å². The van der Waals surface area contributed by atoms with Crippen molar-refractivity contribution in [1.29, 1.82) is 0 Å². The van der Waals surface area contributed by atoms with Crippen LogP contribution in [0.2, 0.25) is 5.02 Å². The lowest BCUT2D eigenvalue weighted by molar-refractivity contribution is -0.136. The van der Waals surface area contributed by atoms with Crippen LogP contribution >= 0.6 is 27.5 Å². The van der Waals surface area contributed by atoms with Gasteiger partial charge in [-0.3, -0.25) is 9.59 Å². The van der Waals surface area contributed by atoms with Crippen LogP contribution in [0.25, 0.3) is 0 Å². The highest BCUT2D eigenvalue weighted by Gasteiger charge is 2.15. The number of carbonyl (C=O) groups is 2. The smallest absolute Gasteiger partial charge is 0.329 e. The van der Waals surface area contributed by atoms with E-state index in [4.69, 9.17) is 21.1 Å². The molecule has 3 aromatic rings. The van der Waals surface area contributed by atoms with Crippen LogP contribution in [0, 0.1) is 13.8 Å². The van der Waals surface area contributed by atoms with Crippen LogP contribution in [0.3, 0.4) is 0 Å². The Morgan fingerprint density at radius 2 is 1.74 bits per heavy atom. The molecule has 0 aliphatic rings. The van der Waals surface area contributed by atoms with E-state index in [0.717, 1.165) is 16.7 Å². The molecule has 0 heterocycles. The number of nitrogens with zero attached hydrogens (tertiary/aromatic N) is 1. The zero-order valence-corrected chi connectivity index (χ0v) is 21.2. The van der Waals surface area contributed by atoms with Gasteiger partial charge in [-0.05, 0) is 76.3 Å². The molecule has 0 unspecified atom stereocenters. The monoisotopic (exact) mass is 543 g/mol. The lowest BCUT2D eigenvalue weighted by Crippen LogP contribution is -2.32. The molecule has 0 radical (unpaired) electrons. The molecule has 34 heavy (non-hydrogen) atoms. The van der Waals surface area contributed by atoms with E-state index < -0.39 is 11.8 Å². The zero-order valence-electron chi connectivity index (χ0n) is 18.8. The van der Waals surface area contributed by atoms with Gasteiger partial charge in [-0.1, -0.05) is 41.9 Å². The fourth-order valence-electron chi connectivity index (χ4n) is 3.09. The maximum Gasteiger partial charge on any atom is 0.329 e. The van der Waals surface area contributed by atoms with Crippen molar-refractivity contribution in [2.45, 2.75) is 20.5 Å². The summed E-state index contributed by atoms with van der Waals surface area (Å²) >= 11 is 9.40. The van der Waals surface area contributed by atoms with Crippen molar-refractivity contribution in [2.24, 2.45) is 5.10 Å². The Bertz CT molecular complexity index is 1210. The number of carbonyl (C=O) groups excluding carboxylic acids is 2. The normalized spacial score (nSPS) is 10.7. The van der Waals surface area contributed by atoms with E-state index in [2.05, 4.69) is 31.8 Å². The Labute approximate surface area is 211 Å². The molecule has 3 aromatic carbocycles. The molecule has 0 aliphatic heterocycles. The first-order chi connectivity index (χ1) is 16.3. The largest absolute Gasteiger partial charge is 0.493 e. The van der Waals surface area contributed by atoms with Gasteiger partial charge in [0.1, 0.15) is 6.61 Å². The molecule has 0 bridgehead atoms. The highest BCUT2D eigenvalue weighted by Crippen LogP contribution is 2.37. The summed E-state index contributed by atoms with van der Waals surface area (Å²) < 4.78 is 12.0. The number of methoxy groups -OCH3 is 1. The van der Waals surface area contributed by atoms with Crippen LogP contribution in [0.1, 0.15) is 22.3 Å². The summed E-state index contributed by atoms with van der Waals surface area (Å²) in [6.45, 7) is 4.03. The molecule has 0 atom stereocenters. The van der Waals surface area contributed by atoms with Gasteiger partial charge in [0, 0.05) is 10.7 Å².